The lowest BCUT2D eigenvalue weighted by atomic mass is 10.2. The van der Waals surface area contributed by atoms with Crippen LogP contribution in [-0.2, 0) is 19.4 Å². The average Bonchev–Trinajstić information content (AvgIpc) is 2.59. The molecule has 1 rings (SSSR count). The van der Waals surface area contributed by atoms with Crippen molar-refractivity contribution in [3.8, 4) is 0 Å². The first kappa shape index (κ1) is 17.4. The third-order valence-electron chi connectivity index (χ3n) is 3.51. The SMILES string of the molecule is CCCNC(CCN1CCCS(=O)(=O)CC1)C(=O)OC. The number of nitrogens with zero attached hydrogens (tertiary/aromatic N) is 1. The van der Waals surface area contributed by atoms with Crippen molar-refractivity contribution in [2.24, 2.45) is 0 Å². The fraction of sp³-hybridized carbons (Fsp3) is 0.923. The number of ether oxygens (including phenoxy) is 1. The van der Waals surface area contributed by atoms with Gasteiger partial charge in [0, 0.05) is 13.1 Å². The first-order valence-electron chi connectivity index (χ1n) is 7.22. The van der Waals surface area contributed by atoms with Crippen LogP contribution in [0.15, 0.2) is 0 Å². The zero-order chi connectivity index (χ0) is 15.0. The summed E-state index contributed by atoms with van der Waals surface area (Å²) in [5.41, 5.74) is 0. The van der Waals surface area contributed by atoms with E-state index >= 15 is 0 Å². The highest BCUT2D eigenvalue weighted by molar-refractivity contribution is 7.91. The topological polar surface area (TPSA) is 75.7 Å². The first-order chi connectivity index (χ1) is 9.48. The number of hydrogen-bond acceptors (Lipinski definition) is 6. The van der Waals surface area contributed by atoms with E-state index in [1.165, 1.54) is 7.11 Å². The molecule has 0 aromatic heterocycles. The molecule has 0 bridgehead atoms. The predicted molar refractivity (Wildman–Crippen MR) is 78.4 cm³/mol. The summed E-state index contributed by atoms with van der Waals surface area (Å²) in [7, 11) is -1.48. The fourth-order valence-electron chi connectivity index (χ4n) is 2.29. The smallest absolute Gasteiger partial charge is 0.322 e. The minimum absolute atomic E-state index is 0.221. The van der Waals surface area contributed by atoms with Gasteiger partial charge in [-0.3, -0.25) is 4.79 Å². The Kier molecular flexibility index (Phi) is 7.47. The molecule has 1 atom stereocenters. The van der Waals surface area contributed by atoms with Crippen LogP contribution in [0.4, 0.5) is 0 Å². The van der Waals surface area contributed by atoms with Crippen LogP contribution >= 0.6 is 0 Å². The zero-order valence-electron chi connectivity index (χ0n) is 12.4. The highest BCUT2D eigenvalue weighted by Gasteiger charge is 2.22. The molecule has 1 aliphatic rings. The van der Waals surface area contributed by atoms with E-state index in [-0.39, 0.29) is 23.5 Å². The lowest BCUT2D eigenvalue weighted by Crippen LogP contribution is -2.41. The summed E-state index contributed by atoms with van der Waals surface area (Å²) in [5.74, 6) is 0.247. The van der Waals surface area contributed by atoms with Gasteiger partial charge in [-0.2, -0.15) is 0 Å². The molecule has 1 saturated heterocycles. The van der Waals surface area contributed by atoms with Crippen LogP contribution in [-0.4, -0.2) is 70.1 Å². The van der Waals surface area contributed by atoms with Gasteiger partial charge in [0.05, 0.1) is 18.6 Å². The molecule has 6 nitrogen and oxygen atoms in total. The van der Waals surface area contributed by atoms with Crippen LogP contribution in [0.1, 0.15) is 26.2 Å². The summed E-state index contributed by atoms with van der Waals surface area (Å²) in [6.07, 6.45) is 2.27. The molecule has 1 N–H and O–H groups in total. The highest BCUT2D eigenvalue weighted by atomic mass is 32.2. The number of esters is 1. The van der Waals surface area contributed by atoms with Crippen molar-refractivity contribution >= 4 is 15.8 Å². The molecule has 7 heteroatoms. The van der Waals surface area contributed by atoms with Crippen molar-refractivity contribution in [3.05, 3.63) is 0 Å². The van der Waals surface area contributed by atoms with Crippen molar-refractivity contribution in [3.63, 3.8) is 0 Å². The van der Waals surface area contributed by atoms with Gasteiger partial charge >= 0.3 is 5.97 Å². The molecule has 0 spiro atoms. The number of carbonyl (C=O) groups is 1. The Hall–Kier alpha value is -0.660. The van der Waals surface area contributed by atoms with Crippen molar-refractivity contribution in [1.82, 2.24) is 10.2 Å². The lowest BCUT2D eigenvalue weighted by molar-refractivity contribution is -0.143. The quantitative estimate of drug-likeness (QED) is 0.669. The normalized spacial score (nSPS) is 21.1. The Labute approximate surface area is 121 Å². The second kappa shape index (κ2) is 8.59. The second-order valence-corrected chi connectivity index (χ2v) is 7.47. The Bertz CT molecular complexity index is 397. The molecular weight excluding hydrogens is 280 g/mol. The van der Waals surface area contributed by atoms with Crippen LogP contribution in [0.25, 0.3) is 0 Å². The van der Waals surface area contributed by atoms with Gasteiger partial charge in [-0.1, -0.05) is 6.92 Å². The van der Waals surface area contributed by atoms with Crippen LogP contribution in [0.2, 0.25) is 0 Å². The molecular formula is C13H26N2O4S. The molecule has 1 heterocycles. The van der Waals surface area contributed by atoms with Gasteiger partial charge in [0.1, 0.15) is 6.04 Å². The van der Waals surface area contributed by atoms with E-state index in [0.717, 1.165) is 19.5 Å². The molecule has 0 aliphatic carbocycles. The zero-order valence-corrected chi connectivity index (χ0v) is 13.2. The number of methoxy groups -OCH3 is 1. The Morgan fingerprint density at radius 3 is 2.75 bits per heavy atom. The van der Waals surface area contributed by atoms with E-state index < -0.39 is 9.84 Å². The number of hydrogen-bond donors (Lipinski definition) is 1. The van der Waals surface area contributed by atoms with Crippen molar-refractivity contribution in [2.45, 2.75) is 32.2 Å². The van der Waals surface area contributed by atoms with E-state index in [2.05, 4.69) is 10.2 Å². The van der Waals surface area contributed by atoms with Crippen LogP contribution < -0.4 is 5.32 Å². The van der Waals surface area contributed by atoms with E-state index in [9.17, 15) is 13.2 Å². The number of sulfone groups is 1. The molecule has 0 radical (unpaired) electrons. The molecule has 0 saturated carbocycles. The molecule has 1 fully saturated rings. The second-order valence-electron chi connectivity index (χ2n) is 5.17. The minimum atomic E-state index is -2.87. The molecule has 20 heavy (non-hydrogen) atoms. The van der Waals surface area contributed by atoms with Crippen LogP contribution in [0, 0.1) is 0 Å². The van der Waals surface area contributed by atoms with E-state index in [1.807, 2.05) is 6.92 Å². The molecule has 0 aromatic carbocycles. The molecule has 1 unspecified atom stereocenters. The van der Waals surface area contributed by atoms with Gasteiger partial charge in [0.15, 0.2) is 9.84 Å². The summed E-state index contributed by atoms with van der Waals surface area (Å²) in [5, 5.41) is 3.17. The summed E-state index contributed by atoms with van der Waals surface area (Å²) < 4.78 is 27.9. The Morgan fingerprint density at radius 2 is 2.10 bits per heavy atom. The fourth-order valence-corrected chi connectivity index (χ4v) is 3.60. The van der Waals surface area contributed by atoms with Gasteiger partial charge < -0.3 is 15.0 Å². The maximum Gasteiger partial charge on any atom is 0.322 e. The third kappa shape index (κ3) is 6.19. The Balaban J connectivity index is 2.43. The number of carbonyl (C=O) groups excluding carboxylic acids is 1. The largest absolute Gasteiger partial charge is 0.468 e. The lowest BCUT2D eigenvalue weighted by Gasteiger charge is -2.22. The summed E-state index contributed by atoms with van der Waals surface area (Å²) >= 11 is 0. The Morgan fingerprint density at radius 1 is 1.35 bits per heavy atom. The minimum Gasteiger partial charge on any atom is -0.468 e. The first-order valence-corrected chi connectivity index (χ1v) is 9.04. The van der Waals surface area contributed by atoms with Gasteiger partial charge in [0.2, 0.25) is 0 Å². The predicted octanol–water partition coefficient (Wildman–Crippen LogP) is 0.0382. The maximum atomic E-state index is 11.7. The van der Waals surface area contributed by atoms with Crippen molar-refractivity contribution in [2.75, 3.05) is 44.8 Å². The summed E-state index contributed by atoms with van der Waals surface area (Å²) in [6, 6.07) is -0.306. The van der Waals surface area contributed by atoms with Crippen LogP contribution in [0.5, 0.6) is 0 Å². The summed E-state index contributed by atoms with van der Waals surface area (Å²) in [4.78, 5) is 13.8. The third-order valence-corrected chi connectivity index (χ3v) is 5.22. The van der Waals surface area contributed by atoms with Gasteiger partial charge in [0.25, 0.3) is 0 Å². The monoisotopic (exact) mass is 306 g/mol. The molecule has 118 valence electrons. The van der Waals surface area contributed by atoms with Crippen molar-refractivity contribution in [1.29, 1.82) is 0 Å². The maximum absolute atomic E-state index is 11.7. The van der Waals surface area contributed by atoms with Gasteiger partial charge in [-0.25, -0.2) is 8.42 Å². The van der Waals surface area contributed by atoms with E-state index in [4.69, 9.17) is 4.74 Å². The highest BCUT2D eigenvalue weighted by Crippen LogP contribution is 2.07. The van der Waals surface area contributed by atoms with Gasteiger partial charge in [-0.15, -0.1) is 0 Å². The number of rotatable bonds is 7. The molecule has 0 amide bonds. The summed E-state index contributed by atoms with van der Waals surface area (Å²) in [6.45, 7) is 4.87. The molecule has 0 aromatic rings. The van der Waals surface area contributed by atoms with E-state index in [1.54, 1.807) is 0 Å². The molecule has 1 aliphatic heterocycles. The standard InChI is InChI=1S/C13H26N2O4S/c1-3-6-14-12(13(16)19-2)5-8-15-7-4-10-20(17,18)11-9-15/h12,14H,3-11H2,1-2H3. The van der Waals surface area contributed by atoms with Crippen molar-refractivity contribution < 1.29 is 17.9 Å². The van der Waals surface area contributed by atoms with Gasteiger partial charge in [-0.05, 0) is 32.4 Å². The van der Waals surface area contributed by atoms with Crippen LogP contribution in [0.3, 0.4) is 0 Å². The average molecular weight is 306 g/mol. The van der Waals surface area contributed by atoms with E-state index in [0.29, 0.717) is 25.9 Å². The number of nitrogens with one attached hydrogen (secondary N) is 1.